The van der Waals surface area contributed by atoms with E-state index in [2.05, 4.69) is 6.58 Å². The van der Waals surface area contributed by atoms with Crippen molar-refractivity contribution >= 4 is 29.1 Å². The average Bonchev–Trinajstić information content (AvgIpc) is 2.88. The summed E-state index contributed by atoms with van der Waals surface area (Å²) in [5.41, 5.74) is 2.29. The third-order valence-electron chi connectivity index (χ3n) is 4.38. The molecule has 1 aliphatic rings. The van der Waals surface area contributed by atoms with E-state index in [1.807, 2.05) is 19.1 Å². The van der Waals surface area contributed by atoms with E-state index in [9.17, 15) is 14.7 Å². The van der Waals surface area contributed by atoms with Gasteiger partial charge in [-0.1, -0.05) is 59.6 Å². The minimum absolute atomic E-state index is 0.0722. The molecule has 1 fully saturated rings. The Labute approximate surface area is 157 Å². The molecule has 5 heteroatoms. The van der Waals surface area contributed by atoms with Gasteiger partial charge in [0.1, 0.15) is 5.76 Å². The van der Waals surface area contributed by atoms with Crippen LogP contribution < -0.4 is 0 Å². The molecular formula is C21H18ClNO3. The molecule has 1 N–H and O–H groups in total. The summed E-state index contributed by atoms with van der Waals surface area (Å²) in [7, 11) is 0. The molecule has 1 amide bonds. The number of benzene rings is 2. The topological polar surface area (TPSA) is 57.6 Å². The Morgan fingerprint density at radius 1 is 1.15 bits per heavy atom. The second-order valence-corrected chi connectivity index (χ2v) is 6.59. The third-order valence-corrected chi connectivity index (χ3v) is 4.63. The van der Waals surface area contributed by atoms with Crippen molar-refractivity contribution in [2.24, 2.45) is 0 Å². The Balaban J connectivity index is 2.18. The number of carbonyl (C=O) groups is 2. The van der Waals surface area contributed by atoms with Crippen molar-refractivity contribution in [2.45, 2.75) is 13.0 Å². The minimum atomic E-state index is -0.704. The number of nitrogens with zero attached hydrogens (tertiary/aromatic N) is 1. The number of halogens is 1. The van der Waals surface area contributed by atoms with Crippen molar-refractivity contribution < 1.29 is 14.7 Å². The predicted octanol–water partition coefficient (Wildman–Crippen LogP) is 4.26. The van der Waals surface area contributed by atoms with E-state index >= 15 is 0 Å². The second kappa shape index (κ2) is 7.18. The highest BCUT2D eigenvalue weighted by Gasteiger charge is 2.45. The number of hydrogen-bond donors (Lipinski definition) is 1. The lowest BCUT2D eigenvalue weighted by atomic mass is 9.95. The number of hydrogen-bond acceptors (Lipinski definition) is 3. The molecule has 2 aromatic carbocycles. The molecule has 1 heterocycles. The Morgan fingerprint density at radius 2 is 1.77 bits per heavy atom. The lowest BCUT2D eigenvalue weighted by molar-refractivity contribution is -0.139. The summed E-state index contributed by atoms with van der Waals surface area (Å²) in [6.07, 6.45) is 1.56. The Morgan fingerprint density at radius 3 is 2.35 bits per heavy atom. The van der Waals surface area contributed by atoms with Gasteiger partial charge < -0.3 is 10.0 Å². The van der Waals surface area contributed by atoms with Gasteiger partial charge in [-0.2, -0.15) is 0 Å². The van der Waals surface area contributed by atoms with Gasteiger partial charge in [0.25, 0.3) is 11.7 Å². The summed E-state index contributed by atoms with van der Waals surface area (Å²) in [6, 6.07) is 13.3. The summed E-state index contributed by atoms with van der Waals surface area (Å²) in [4.78, 5) is 26.6. The fourth-order valence-electron chi connectivity index (χ4n) is 3.07. The van der Waals surface area contributed by atoms with Crippen LogP contribution in [0.25, 0.3) is 5.76 Å². The maximum atomic E-state index is 12.7. The Kier molecular flexibility index (Phi) is 4.96. The van der Waals surface area contributed by atoms with Crippen molar-refractivity contribution in [3.63, 3.8) is 0 Å². The molecule has 3 rings (SSSR count). The van der Waals surface area contributed by atoms with E-state index in [4.69, 9.17) is 11.6 Å². The third kappa shape index (κ3) is 3.16. The molecule has 2 aromatic rings. The van der Waals surface area contributed by atoms with E-state index in [0.29, 0.717) is 16.1 Å². The van der Waals surface area contributed by atoms with Gasteiger partial charge in [0, 0.05) is 17.1 Å². The van der Waals surface area contributed by atoms with Gasteiger partial charge in [0.05, 0.1) is 11.6 Å². The molecule has 0 bridgehead atoms. The van der Waals surface area contributed by atoms with Crippen LogP contribution in [0.1, 0.15) is 22.7 Å². The van der Waals surface area contributed by atoms with Crippen LogP contribution in [0.5, 0.6) is 0 Å². The van der Waals surface area contributed by atoms with Crippen LogP contribution in [0.3, 0.4) is 0 Å². The zero-order valence-corrected chi connectivity index (χ0v) is 15.0. The molecule has 1 aliphatic heterocycles. The van der Waals surface area contributed by atoms with Crippen molar-refractivity contribution in [3.8, 4) is 0 Å². The summed E-state index contributed by atoms with van der Waals surface area (Å²) in [5.74, 6) is -1.54. The standard InChI is InChI=1S/C21H18ClNO3/c1-3-12-23-18(14-8-10-16(22)11-9-14)17(20(25)21(23)26)19(24)15-6-4-13(2)5-7-15/h3-11,18,24H,1,12H2,2H3. The largest absolute Gasteiger partial charge is 0.507 e. The number of aryl methyl sites for hydroxylation is 1. The molecule has 0 aliphatic carbocycles. The van der Waals surface area contributed by atoms with Gasteiger partial charge >= 0.3 is 0 Å². The first-order valence-electron chi connectivity index (χ1n) is 8.16. The number of rotatable bonds is 4. The first-order valence-corrected chi connectivity index (χ1v) is 8.53. The highest BCUT2D eigenvalue weighted by molar-refractivity contribution is 6.46. The molecule has 0 spiro atoms. The molecule has 0 saturated carbocycles. The first kappa shape index (κ1) is 18.0. The lowest BCUT2D eigenvalue weighted by Gasteiger charge is -2.24. The fraction of sp³-hybridized carbons (Fsp3) is 0.143. The van der Waals surface area contributed by atoms with E-state index in [-0.39, 0.29) is 17.9 Å². The average molecular weight is 368 g/mol. The van der Waals surface area contributed by atoms with Crippen LogP contribution in [0.2, 0.25) is 5.02 Å². The lowest BCUT2D eigenvalue weighted by Crippen LogP contribution is -2.29. The van der Waals surface area contributed by atoms with Crippen molar-refractivity contribution in [3.05, 3.63) is 88.5 Å². The van der Waals surface area contributed by atoms with E-state index in [1.54, 1.807) is 42.5 Å². The van der Waals surface area contributed by atoms with Gasteiger partial charge in [-0.3, -0.25) is 9.59 Å². The van der Waals surface area contributed by atoms with Gasteiger partial charge in [0.2, 0.25) is 0 Å². The fourth-order valence-corrected chi connectivity index (χ4v) is 3.19. The smallest absolute Gasteiger partial charge is 0.295 e. The van der Waals surface area contributed by atoms with Gasteiger partial charge in [-0.15, -0.1) is 6.58 Å². The number of likely N-dealkylation sites (tertiary alicyclic amines) is 1. The van der Waals surface area contributed by atoms with Crippen molar-refractivity contribution in [2.75, 3.05) is 6.54 Å². The Hall–Kier alpha value is -2.85. The quantitative estimate of drug-likeness (QED) is 0.380. The van der Waals surface area contributed by atoms with Gasteiger partial charge in [0.15, 0.2) is 0 Å². The zero-order chi connectivity index (χ0) is 18.8. The minimum Gasteiger partial charge on any atom is -0.507 e. The second-order valence-electron chi connectivity index (χ2n) is 6.16. The van der Waals surface area contributed by atoms with Crippen LogP contribution in [0, 0.1) is 6.92 Å². The molecular weight excluding hydrogens is 350 g/mol. The maximum Gasteiger partial charge on any atom is 0.295 e. The maximum absolute atomic E-state index is 12.7. The number of aliphatic hydroxyl groups is 1. The Bertz CT molecular complexity index is 898. The zero-order valence-electron chi connectivity index (χ0n) is 14.3. The highest BCUT2D eigenvalue weighted by Crippen LogP contribution is 2.39. The van der Waals surface area contributed by atoms with Crippen molar-refractivity contribution in [1.82, 2.24) is 4.90 Å². The molecule has 132 valence electrons. The molecule has 4 nitrogen and oxygen atoms in total. The molecule has 0 radical (unpaired) electrons. The van der Waals surface area contributed by atoms with E-state index in [0.717, 1.165) is 5.56 Å². The predicted molar refractivity (Wildman–Crippen MR) is 102 cm³/mol. The summed E-state index contributed by atoms with van der Waals surface area (Å²) >= 11 is 5.96. The van der Waals surface area contributed by atoms with E-state index < -0.39 is 17.7 Å². The van der Waals surface area contributed by atoms with Gasteiger partial charge in [-0.05, 0) is 24.6 Å². The first-order chi connectivity index (χ1) is 12.4. The summed E-state index contributed by atoms with van der Waals surface area (Å²) in [5, 5.41) is 11.3. The number of carbonyl (C=O) groups excluding carboxylic acids is 2. The molecule has 0 aromatic heterocycles. The molecule has 1 unspecified atom stereocenters. The van der Waals surface area contributed by atoms with Crippen molar-refractivity contribution in [1.29, 1.82) is 0 Å². The van der Waals surface area contributed by atoms with E-state index in [1.165, 1.54) is 4.90 Å². The van der Waals surface area contributed by atoms with Crippen LogP contribution >= 0.6 is 11.6 Å². The van der Waals surface area contributed by atoms with Gasteiger partial charge in [-0.25, -0.2) is 0 Å². The summed E-state index contributed by atoms with van der Waals surface area (Å²) in [6.45, 7) is 5.79. The normalized spacial score (nSPS) is 19.0. The number of amides is 1. The number of aliphatic hydroxyl groups excluding tert-OH is 1. The summed E-state index contributed by atoms with van der Waals surface area (Å²) < 4.78 is 0. The highest BCUT2D eigenvalue weighted by atomic mass is 35.5. The number of Topliss-reactive ketones (excluding diaryl/α,β-unsaturated/α-hetero) is 1. The van der Waals surface area contributed by atoms with Crippen LogP contribution in [0.4, 0.5) is 0 Å². The molecule has 1 atom stereocenters. The molecule has 1 saturated heterocycles. The van der Waals surface area contributed by atoms with Crippen LogP contribution in [-0.2, 0) is 9.59 Å². The monoisotopic (exact) mass is 367 g/mol. The van der Waals surface area contributed by atoms with Crippen LogP contribution in [-0.4, -0.2) is 28.2 Å². The SMILES string of the molecule is C=CCN1C(=O)C(=O)C(=C(O)c2ccc(C)cc2)C1c1ccc(Cl)cc1. The number of ketones is 1. The van der Waals surface area contributed by atoms with Crippen LogP contribution in [0.15, 0.2) is 66.8 Å². The molecule has 26 heavy (non-hydrogen) atoms.